The number of hydrogen-bond acceptors (Lipinski definition) is 5. The van der Waals surface area contributed by atoms with E-state index in [0.29, 0.717) is 11.3 Å². The Bertz CT molecular complexity index is 757. The molecule has 0 saturated carbocycles. The van der Waals surface area contributed by atoms with Crippen molar-refractivity contribution < 1.29 is 23.1 Å². The first-order chi connectivity index (χ1) is 10.9. The zero-order chi connectivity index (χ0) is 16.9. The van der Waals surface area contributed by atoms with Crippen molar-refractivity contribution in [2.45, 2.75) is 17.4 Å². The summed E-state index contributed by atoms with van der Waals surface area (Å²) < 4.78 is 31.7. The molecule has 1 atom stereocenters. The van der Waals surface area contributed by atoms with E-state index in [4.69, 9.17) is 4.74 Å². The predicted octanol–water partition coefficient (Wildman–Crippen LogP) is 0.335. The Morgan fingerprint density at radius 1 is 1.13 bits per heavy atom. The first-order valence-corrected chi connectivity index (χ1v) is 8.32. The summed E-state index contributed by atoms with van der Waals surface area (Å²) in [6.45, 7) is 0. The minimum absolute atomic E-state index is 0.00143. The van der Waals surface area contributed by atoms with E-state index in [1.54, 1.807) is 30.3 Å². The molecule has 0 aliphatic carbocycles. The van der Waals surface area contributed by atoms with Crippen LogP contribution >= 0.6 is 0 Å². The van der Waals surface area contributed by atoms with Gasteiger partial charge in [-0.25, -0.2) is 13.1 Å². The highest BCUT2D eigenvalue weighted by molar-refractivity contribution is 7.89. The zero-order valence-corrected chi connectivity index (χ0v) is 13.2. The van der Waals surface area contributed by atoms with Gasteiger partial charge in [-0.15, -0.1) is 0 Å². The lowest BCUT2D eigenvalue weighted by Crippen LogP contribution is -2.49. The number of carboxylic acid groups (broad SMARTS) is 1. The molecule has 0 aromatic heterocycles. The van der Waals surface area contributed by atoms with Crippen molar-refractivity contribution in [1.29, 1.82) is 0 Å². The number of sulfonamides is 1. The van der Waals surface area contributed by atoms with E-state index in [1.165, 1.54) is 31.4 Å². The Hall–Kier alpha value is -2.38. The van der Waals surface area contributed by atoms with Crippen LogP contribution in [0, 0.1) is 0 Å². The highest BCUT2D eigenvalue weighted by atomic mass is 32.2. The minimum Gasteiger partial charge on any atom is -0.548 e. The van der Waals surface area contributed by atoms with E-state index in [1.807, 2.05) is 0 Å². The molecule has 0 fully saturated rings. The highest BCUT2D eigenvalue weighted by Gasteiger charge is 2.21. The SMILES string of the molecule is COc1ccc(S(=O)(=O)NC(Cc2ccccc2)C(=O)[O-])cc1. The normalized spacial score (nSPS) is 12.6. The van der Waals surface area contributed by atoms with Crippen molar-refractivity contribution in [1.82, 2.24) is 4.72 Å². The van der Waals surface area contributed by atoms with E-state index < -0.39 is 22.0 Å². The Labute approximate surface area is 134 Å². The number of hydrogen-bond donors (Lipinski definition) is 1. The quantitative estimate of drug-likeness (QED) is 0.787. The van der Waals surface area contributed by atoms with Crippen molar-refractivity contribution in [3.05, 3.63) is 60.2 Å². The molecule has 0 saturated heterocycles. The van der Waals surface area contributed by atoms with E-state index in [2.05, 4.69) is 4.72 Å². The summed E-state index contributed by atoms with van der Waals surface area (Å²) in [6.07, 6.45) is -0.00143. The van der Waals surface area contributed by atoms with Gasteiger partial charge in [0.25, 0.3) is 0 Å². The lowest BCUT2D eigenvalue weighted by molar-refractivity contribution is -0.307. The summed E-state index contributed by atoms with van der Waals surface area (Å²) in [5.41, 5.74) is 0.694. The van der Waals surface area contributed by atoms with Crippen LogP contribution in [0.4, 0.5) is 0 Å². The van der Waals surface area contributed by atoms with Gasteiger partial charge >= 0.3 is 0 Å². The number of nitrogens with one attached hydrogen (secondary N) is 1. The number of carbonyl (C=O) groups excluding carboxylic acids is 1. The van der Waals surface area contributed by atoms with Crippen molar-refractivity contribution in [3.63, 3.8) is 0 Å². The maximum absolute atomic E-state index is 12.3. The minimum atomic E-state index is -3.98. The maximum Gasteiger partial charge on any atom is 0.241 e. The molecule has 0 aliphatic rings. The Balaban J connectivity index is 2.19. The van der Waals surface area contributed by atoms with Gasteiger partial charge in [0.15, 0.2) is 0 Å². The molecule has 0 heterocycles. The maximum atomic E-state index is 12.3. The summed E-state index contributed by atoms with van der Waals surface area (Å²) in [4.78, 5) is 11.2. The van der Waals surface area contributed by atoms with Crippen LogP contribution in [0.1, 0.15) is 5.56 Å². The molecule has 2 aromatic rings. The molecule has 23 heavy (non-hydrogen) atoms. The monoisotopic (exact) mass is 334 g/mol. The predicted molar refractivity (Wildman–Crippen MR) is 82.3 cm³/mol. The summed E-state index contributed by atoms with van der Waals surface area (Å²) in [5, 5.41) is 11.3. The molecule has 1 unspecified atom stereocenters. The fraction of sp³-hybridized carbons (Fsp3) is 0.188. The number of rotatable bonds is 7. The number of methoxy groups -OCH3 is 1. The largest absolute Gasteiger partial charge is 0.548 e. The third-order valence-electron chi connectivity index (χ3n) is 3.23. The number of ether oxygens (including phenoxy) is 1. The van der Waals surface area contributed by atoms with Crippen LogP contribution in [0.25, 0.3) is 0 Å². The number of carboxylic acids is 1. The third-order valence-corrected chi connectivity index (χ3v) is 4.72. The summed E-state index contributed by atoms with van der Waals surface area (Å²) in [7, 11) is -2.51. The second-order valence-electron chi connectivity index (χ2n) is 4.86. The van der Waals surface area contributed by atoms with Gasteiger partial charge in [0.05, 0.1) is 24.0 Å². The smallest absolute Gasteiger partial charge is 0.241 e. The molecular weight excluding hydrogens is 318 g/mol. The van der Waals surface area contributed by atoms with Gasteiger partial charge in [-0.1, -0.05) is 30.3 Å². The molecule has 0 radical (unpaired) electrons. The van der Waals surface area contributed by atoms with Crippen molar-refractivity contribution in [2.24, 2.45) is 0 Å². The van der Waals surface area contributed by atoms with Crippen molar-refractivity contribution in [3.8, 4) is 5.75 Å². The summed E-state index contributed by atoms with van der Waals surface area (Å²) in [5.74, 6) is -0.976. The second kappa shape index (κ2) is 7.26. The van der Waals surface area contributed by atoms with E-state index in [9.17, 15) is 18.3 Å². The van der Waals surface area contributed by atoms with Gasteiger partial charge in [-0.3, -0.25) is 0 Å². The average Bonchev–Trinajstić information content (AvgIpc) is 2.55. The molecule has 6 nitrogen and oxygen atoms in total. The number of benzene rings is 2. The zero-order valence-electron chi connectivity index (χ0n) is 12.4. The summed E-state index contributed by atoms with van der Waals surface area (Å²) in [6, 6.07) is 13.0. The number of aliphatic carboxylic acids is 1. The molecule has 1 N–H and O–H groups in total. The van der Waals surface area contributed by atoms with E-state index in [-0.39, 0.29) is 11.3 Å². The van der Waals surface area contributed by atoms with Crippen LogP contribution in [0.3, 0.4) is 0 Å². The van der Waals surface area contributed by atoms with Gasteiger partial charge in [0.1, 0.15) is 5.75 Å². The highest BCUT2D eigenvalue weighted by Crippen LogP contribution is 2.16. The first-order valence-electron chi connectivity index (χ1n) is 6.83. The lowest BCUT2D eigenvalue weighted by atomic mass is 10.1. The molecule has 122 valence electrons. The number of carbonyl (C=O) groups is 1. The molecule has 2 aromatic carbocycles. The Morgan fingerprint density at radius 2 is 1.74 bits per heavy atom. The van der Waals surface area contributed by atoms with Gasteiger partial charge in [-0.2, -0.15) is 0 Å². The van der Waals surface area contributed by atoms with Crippen LogP contribution in [0.15, 0.2) is 59.5 Å². The summed E-state index contributed by atoms with van der Waals surface area (Å²) >= 11 is 0. The standard InChI is InChI=1S/C16H17NO5S/c1-22-13-7-9-14(10-8-13)23(20,21)17-15(16(18)19)11-12-5-3-2-4-6-12/h2-10,15,17H,11H2,1H3,(H,18,19)/p-1. The molecule has 2 rings (SSSR count). The second-order valence-corrected chi connectivity index (χ2v) is 6.57. The van der Waals surface area contributed by atoms with Crippen LogP contribution in [-0.4, -0.2) is 27.5 Å². The van der Waals surface area contributed by atoms with Gasteiger partial charge in [0, 0.05) is 0 Å². The van der Waals surface area contributed by atoms with Crippen LogP contribution in [-0.2, 0) is 21.2 Å². The molecule has 0 bridgehead atoms. The van der Waals surface area contributed by atoms with Crippen LogP contribution in [0.5, 0.6) is 5.75 Å². The first kappa shape index (κ1) is 17.0. The van der Waals surface area contributed by atoms with Gasteiger partial charge in [0.2, 0.25) is 10.0 Å². The van der Waals surface area contributed by atoms with Crippen molar-refractivity contribution in [2.75, 3.05) is 7.11 Å². The molecular formula is C16H16NO5S-. The van der Waals surface area contributed by atoms with E-state index in [0.717, 1.165) is 0 Å². The lowest BCUT2D eigenvalue weighted by Gasteiger charge is -2.20. The topological polar surface area (TPSA) is 95.5 Å². The van der Waals surface area contributed by atoms with Crippen molar-refractivity contribution >= 4 is 16.0 Å². The molecule has 7 heteroatoms. The fourth-order valence-corrected chi connectivity index (χ4v) is 3.22. The van der Waals surface area contributed by atoms with Gasteiger partial charge in [-0.05, 0) is 36.2 Å². The third kappa shape index (κ3) is 4.54. The van der Waals surface area contributed by atoms with Crippen LogP contribution < -0.4 is 14.6 Å². The van der Waals surface area contributed by atoms with E-state index >= 15 is 0 Å². The fourth-order valence-electron chi connectivity index (χ4n) is 2.03. The molecule has 0 spiro atoms. The Kier molecular flexibility index (Phi) is 5.36. The molecule has 0 amide bonds. The molecule has 0 aliphatic heterocycles. The van der Waals surface area contributed by atoms with Gasteiger partial charge < -0.3 is 14.6 Å². The van der Waals surface area contributed by atoms with Crippen LogP contribution in [0.2, 0.25) is 0 Å². The Morgan fingerprint density at radius 3 is 2.26 bits per heavy atom. The average molecular weight is 334 g/mol.